The van der Waals surface area contributed by atoms with E-state index >= 15 is 0 Å². The molecule has 98 valence electrons. The van der Waals surface area contributed by atoms with Crippen molar-refractivity contribution in [2.75, 3.05) is 12.3 Å². The maximum absolute atomic E-state index is 11.6. The quantitative estimate of drug-likeness (QED) is 0.762. The van der Waals surface area contributed by atoms with Crippen LogP contribution in [0.25, 0.3) is 0 Å². The summed E-state index contributed by atoms with van der Waals surface area (Å²) in [6.07, 6.45) is 1.94. The van der Waals surface area contributed by atoms with Gasteiger partial charge in [-0.25, -0.2) is 8.42 Å². The van der Waals surface area contributed by atoms with E-state index in [1.54, 1.807) is 18.5 Å². The van der Waals surface area contributed by atoms with E-state index in [2.05, 4.69) is 10.4 Å². The van der Waals surface area contributed by atoms with Crippen molar-refractivity contribution in [1.82, 2.24) is 15.1 Å². The summed E-state index contributed by atoms with van der Waals surface area (Å²) in [4.78, 5) is 0. The third-order valence-electron chi connectivity index (χ3n) is 2.71. The van der Waals surface area contributed by atoms with Gasteiger partial charge in [0, 0.05) is 31.9 Å². The zero-order chi connectivity index (χ0) is 13.1. The number of aryl methyl sites for hydroxylation is 2. The Hall–Kier alpha value is -0.880. The van der Waals surface area contributed by atoms with Gasteiger partial charge in [-0.05, 0) is 20.8 Å². The minimum Gasteiger partial charge on any atom is -0.312 e. The smallest absolute Gasteiger partial charge is 0.153 e. The second kappa shape index (κ2) is 5.64. The molecule has 0 aromatic carbocycles. The van der Waals surface area contributed by atoms with Gasteiger partial charge in [-0.3, -0.25) is 4.68 Å². The standard InChI is InChI=1S/C11H21N3O2S/c1-9(2)17(15,16)6-5-12-7-11-8-14(4)13-10(11)3/h8-9,12H,5-7H2,1-4H3. The van der Waals surface area contributed by atoms with E-state index in [0.717, 1.165) is 11.3 Å². The van der Waals surface area contributed by atoms with E-state index in [1.807, 2.05) is 20.2 Å². The van der Waals surface area contributed by atoms with Crippen molar-refractivity contribution in [1.29, 1.82) is 0 Å². The van der Waals surface area contributed by atoms with Gasteiger partial charge in [-0.15, -0.1) is 0 Å². The van der Waals surface area contributed by atoms with Crippen molar-refractivity contribution < 1.29 is 8.42 Å². The molecule has 0 atom stereocenters. The average molecular weight is 259 g/mol. The summed E-state index contributed by atoms with van der Waals surface area (Å²) in [6, 6.07) is 0. The minimum atomic E-state index is -2.94. The lowest BCUT2D eigenvalue weighted by Crippen LogP contribution is -2.27. The Labute approximate surface area is 103 Å². The van der Waals surface area contributed by atoms with Crippen molar-refractivity contribution in [3.05, 3.63) is 17.5 Å². The van der Waals surface area contributed by atoms with E-state index < -0.39 is 9.84 Å². The molecule has 6 heteroatoms. The predicted molar refractivity (Wildman–Crippen MR) is 68.6 cm³/mol. The van der Waals surface area contributed by atoms with Crippen LogP contribution in [0.5, 0.6) is 0 Å². The summed E-state index contributed by atoms with van der Waals surface area (Å²) in [5, 5.41) is 7.06. The zero-order valence-electron chi connectivity index (χ0n) is 10.9. The molecule has 1 aromatic rings. The van der Waals surface area contributed by atoms with Crippen molar-refractivity contribution in [2.24, 2.45) is 7.05 Å². The van der Waals surface area contributed by atoms with Gasteiger partial charge < -0.3 is 5.32 Å². The Morgan fingerprint density at radius 2 is 2.12 bits per heavy atom. The molecule has 0 fully saturated rings. The first kappa shape index (κ1) is 14.2. The third-order valence-corrected chi connectivity index (χ3v) is 4.92. The van der Waals surface area contributed by atoms with Gasteiger partial charge >= 0.3 is 0 Å². The summed E-state index contributed by atoms with van der Waals surface area (Å²) in [5.74, 6) is 0.185. The van der Waals surface area contributed by atoms with Crippen molar-refractivity contribution >= 4 is 9.84 Å². The summed E-state index contributed by atoms with van der Waals surface area (Å²) in [7, 11) is -1.07. The number of hydrogen-bond acceptors (Lipinski definition) is 4. The lowest BCUT2D eigenvalue weighted by Gasteiger charge is -2.08. The molecule has 0 spiro atoms. The molecule has 0 saturated carbocycles. The number of sulfone groups is 1. The Bertz CT molecular complexity index is 463. The van der Waals surface area contributed by atoms with E-state index in [1.165, 1.54) is 0 Å². The first-order valence-corrected chi connectivity index (χ1v) is 7.46. The summed E-state index contributed by atoms with van der Waals surface area (Å²) in [6.45, 7) is 6.51. The Kier molecular flexibility index (Phi) is 4.70. The third kappa shape index (κ3) is 4.12. The predicted octanol–water partition coefficient (Wildman–Crippen LogP) is 0.641. The van der Waals surface area contributed by atoms with E-state index in [0.29, 0.717) is 13.1 Å². The molecule has 0 aliphatic rings. The second-order valence-electron chi connectivity index (χ2n) is 4.51. The highest BCUT2D eigenvalue weighted by atomic mass is 32.2. The fourth-order valence-electron chi connectivity index (χ4n) is 1.50. The average Bonchev–Trinajstić information content (AvgIpc) is 2.52. The highest BCUT2D eigenvalue weighted by molar-refractivity contribution is 7.92. The van der Waals surface area contributed by atoms with Crippen LogP contribution in [0.15, 0.2) is 6.20 Å². The second-order valence-corrected chi connectivity index (χ2v) is 7.18. The number of rotatable bonds is 6. The first-order chi connectivity index (χ1) is 7.83. The monoisotopic (exact) mass is 259 g/mol. The van der Waals surface area contributed by atoms with Gasteiger partial charge in [-0.1, -0.05) is 0 Å². The van der Waals surface area contributed by atoms with E-state index in [4.69, 9.17) is 0 Å². The maximum atomic E-state index is 11.6. The largest absolute Gasteiger partial charge is 0.312 e. The Morgan fingerprint density at radius 1 is 1.47 bits per heavy atom. The van der Waals surface area contributed by atoms with Gasteiger partial charge in [0.2, 0.25) is 0 Å². The van der Waals surface area contributed by atoms with Crippen LogP contribution in [-0.4, -0.2) is 35.7 Å². The van der Waals surface area contributed by atoms with Crippen molar-refractivity contribution in [2.45, 2.75) is 32.6 Å². The fourth-order valence-corrected chi connectivity index (χ4v) is 2.40. The molecule has 0 bridgehead atoms. The lowest BCUT2D eigenvalue weighted by atomic mass is 10.3. The normalized spacial score (nSPS) is 12.3. The molecule has 1 N–H and O–H groups in total. The number of hydrogen-bond donors (Lipinski definition) is 1. The molecular formula is C11H21N3O2S. The van der Waals surface area contributed by atoms with Gasteiger partial charge in [0.05, 0.1) is 16.7 Å². The van der Waals surface area contributed by atoms with Crippen LogP contribution in [0.2, 0.25) is 0 Å². The summed E-state index contributed by atoms with van der Waals surface area (Å²) < 4.78 is 24.9. The highest BCUT2D eigenvalue weighted by Crippen LogP contribution is 2.04. The SMILES string of the molecule is Cc1nn(C)cc1CNCCS(=O)(=O)C(C)C. The van der Waals surface area contributed by atoms with Gasteiger partial charge in [0.25, 0.3) is 0 Å². The maximum Gasteiger partial charge on any atom is 0.153 e. The molecule has 0 unspecified atom stereocenters. The van der Waals surface area contributed by atoms with Crippen LogP contribution in [0.3, 0.4) is 0 Å². The molecule has 1 aromatic heterocycles. The van der Waals surface area contributed by atoms with E-state index in [-0.39, 0.29) is 11.0 Å². The Morgan fingerprint density at radius 3 is 2.59 bits per heavy atom. The van der Waals surface area contributed by atoms with Crippen molar-refractivity contribution in [3.8, 4) is 0 Å². The molecule has 17 heavy (non-hydrogen) atoms. The Balaban J connectivity index is 2.37. The molecule has 5 nitrogen and oxygen atoms in total. The van der Waals surface area contributed by atoms with Crippen LogP contribution in [-0.2, 0) is 23.4 Å². The molecule has 0 saturated heterocycles. The van der Waals surface area contributed by atoms with Gasteiger partial charge in [-0.2, -0.15) is 5.10 Å². The number of aromatic nitrogens is 2. The number of nitrogens with zero attached hydrogens (tertiary/aromatic N) is 2. The van der Waals surface area contributed by atoms with Crippen LogP contribution < -0.4 is 5.32 Å². The molecule has 0 radical (unpaired) electrons. The molecular weight excluding hydrogens is 238 g/mol. The molecule has 0 amide bonds. The zero-order valence-corrected chi connectivity index (χ0v) is 11.7. The van der Waals surface area contributed by atoms with E-state index in [9.17, 15) is 8.42 Å². The van der Waals surface area contributed by atoms with Crippen LogP contribution in [0.4, 0.5) is 0 Å². The minimum absolute atomic E-state index is 0.185. The van der Waals surface area contributed by atoms with Crippen LogP contribution in [0, 0.1) is 6.92 Å². The molecule has 0 aliphatic carbocycles. The summed E-state index contributed by atoms with van der Waals surface area (Å²) >= 11 is 0. The van der Waals surface area contributed by atoms with Gasteiger partial charge in [0.15, 0.2) is 9.84 Å². The van der Waals surface area contributed by atoms with Crippen LogP contribution in [0.1, 0.15) is 25.1 Å². The highest BCUT2D eigenvalue weighted by Gasteiger charge is 2.15. The number of nitrogens with one attached hydrogen (secondary N) is 1. The molecule has 1 rings (SSSR count). The summed E-state index contributed by atoms with van der Waals surface area (Å²) in [5.41, 5.74) is 2.08. The lowest BCUT2D eigenvalue weighted by molar-refractivity contribution is 0.582. The molecule has 0 aliphatic heterocycles. The van der Waals surface area contributed by atoms with Gasteiger partial charge in [0.1, 0.15) is 0 Å². The van der Waals surface area contributed by atoms with Crippen LogP contribution >= 0.6 is 0 Å². The fraction of sp³-hybridized carbons (Fsp3) is 0.727. The van der Waals surface area contributed by atoms with Crippen molar-refractivity contribution in [3.63, 3.8) is 0 Å². The first-order valence-electron chi connectivity index (χ1n) is 5.74. The molecule has 1 heterocycles. The topological polar surface area (TPSA) is 64.0 Å².